The van der Waals surface area contributed by atoms with Crippen LogP contribution in [0.3, 0.4) is 0 Å². The second kappa shape index (κ2) is 16.8. The molecule has 0 unspecified atom stereocenters. The van der Waals surface area contributed by atoms with E-state index in [0.717, 1.165) is 0 Å². The molecule has 0 aliphatic carbocycles. The minimum absolute atomic E-state index is 0.0294. The standard InChI is InChI=1S/C13H19F3O4Si.C13H16F3O3Si/c1-4-17-21(18-5-2,19-6-3)12-9-7-11(8-10-12)20-13(14,15)16;1-4-17-8-7-9(20)11(18-5-2)12(19-6-3)10(8)13(14,15)16/h7-10H,4-6H2,1-3H3;7H,4-6H2,1-3H3. The predicted octanol–water partition coefficient (Wildman–Crippen LogP) is 5.54. The summed E-state index contributed by atoms with van der Waals surface area (Å²) in [6.07, 6.45) is -9.31. The normalized spacial score (nSPS) is 11.9. The monoisotopic (exact) mass is 629 g/mol. The molecule has 0 atom stereocenters. The minimum atomic E-state index is -4.71. The number of alkyl halides is 6. The molecule has 0 spiro atoms. The molecule has 0 N–H and O–H groups in total. The molecule has 3 radical (unpaired) electrons. The maximum Gasteiger partial charge on any atom is 0.573 e. The number of hydrogen-bond donors (Lipinski definition) is 0. The molecule has 2 rings (SSSR count). The number of ether oxygens (including phenoxy) is 4. The van der Waals surface area contributed by atoms with Crippen molar-refractivity contribution in [3.05, 3.63) is 35.9 Å². The van der Waals surface area contributed by atoms with Crippen LogP contribution in [0.15, 0.2) is 30.3 Å². The van der Waals surface area contributed by atoms with Crippen LogP contribution in [0.2, 0.25) is 0 Å². The molecular weight excluding hydrogens is 594 g/mol. The van der Waals surface area contributed by atoms with Crippen molar-refractivity contribution in [3.63, 3.8) is 0 Å². The van der Waals surface area contributed by atoms with E-state index < -0.39 is 26.9 Å². The highest BCUT2D eigenvalue weighted by atomic mass is 28.4. The fraction of sp³-hybridized carbons (Fsp3) is 0.538. The second-order valence-corrected chi connectivity index (χ2v) is 10.8. The molecule has 2 aromatic rings. The summed E-state index contributed by atoms with van der Waals surface area (Å²) < 4.78 is 113. The van der Waals surface area contributed by atoms with Crippen molar-refractivity contribution in [3.8, 4) is 23.0 Å². The predicted molar refractivity (Wildman–Crippen MR) is 144 cm³/mol. The van der Waals surface area contributed by atoms with E-state index in [4.69, 9.17) is 27.5 Å². The zero-order chi connectivity index (χ0) is 31.3. The number of hydrogen-bond acceptors (Lipinski definition) is 7. The smallest absolute Gasteiger partial charge is 0.493 e. The first-order valence-corrected chi connectivity index (χ1v) is 15.1. The second-order valence-electron chi connectivity index (χ2n) is 7.68. The van der Waals surface area contributed by atoms with Crippen molar-refractivity contribution in [1.29, 1.82) is 0 Å². The lowest BCUT2D eigenvalue weighted by molar-refractivity contribution is -0.274. The van der Waals surface area contributed by atoms with Gasteiger partial charge in [0.05, 0.1) is 30.1 Å². The van der Waals surface area contributed by atoms with Gasteiger partial charge in [-0.2, -0.15) is 13.2 Å². The molecule has 0 fully saturated rings. The van der Waals surface area contributed by atoms with Crippen LogP contribution < -0.4 is 29.3 Å². The van der Waals surface area contributed by atoms with Gasteiger partial charge in [0.25, 0.3) is 0 Å². The molecule has 0 amide bonds. The van der Waals surface area contributed by atoms with Crippen molar-refractivity contribution in [2.75, 3.05) is 39.6 Å². The summed E-state index contributed by atoms with van der Waals surface area (Å²) in [5.74, 6) is -0.893. The zero-order valence-electron chi connectivity index (χ0n) is 23.8. The molecule has 0 aromatic heterocycles. The number of halogens is 6. The Morgan fingerprint density at radius 1 is 0.659 bits per heavy atom. The molecule has 0 aliphatic heterocycles. The fourth-order valence-electron chi connectivity index (χ4n) is 3.53. The third-order valence-corrected chi connectivity index (χ3v) is 8.22. The van der Waals surface area contributed by atoms with E-state index in [0.29, 0.717) is 30.2 Å². The van der Waals surface area contributed by atoms with Crippen LogP contribution in [0.25, 0.3) is 0 Å². The van der Waals surface area contributed by atoms with E-state index in [2.05, 4.69) is 15.0 Å². The first kappa shape index (κ1) is 36.6. The Kier molecular flexibility index (Phi) is 15.0. The average molecular weight is 630 g/mol. The summed E-state index contributed by atoms with van der Waals surface area (Å²) in [5.41, 5.74) is -0.952. The Hall–Kier alpha value is -2.47. The van der Waals surface area contributed by atoms with Crippen LogP contribution in [0.5, 0.6) is 23.0 Å². The van der Waals surface area contributed by atoms with Gasteiger partial charge in [-0.15, -0.1) is 13.2 Å². The van der Waals surface area contributed by atoms with Crippen molar-refractivity contribution < 1.29 is 58.6 Å². The van der Waals surface area contributed by atoms with Crippen LogP contribution in [0, 0.1) is 0 Å². The third kappa shape index (κ3) is 11.0. The molecule has 2 aromatic carbocycles. The molecule has 0 aliphatic rings. The molecule has 0 bridgehead atoms. The largest absolute Gasteiger partial charge is 0.573 e. The maximum absolute atomic E-state index is 13.3. The summed E-state index contributed by atoms with van der Waals surface area (Å²) in [5, 5.41) is 0.953. The Morgan fingerprint density at radius 2 is 1.12 bits per heavy atom. The summed E-state index contributed by atoms with van der Waals surface area (Å²) in [4.78, 5) is 0. The van der Waals surface area contributed by atoms with Gasteiger partial charge in [0.1, 0.15) is 17.1 Å². The van der Waals surface area contributed by atoms with Crippen LogP contribution in [-0.4, -0.2) is 65.1 Å². The Bertz CT molecular complexity index is 1030. The van der Waals surface area contributed by atoms with Crippen molar-refractivity contribution in [2.45, 2.75) is 54.1 Å². The Balaban J connectivity index is 0.000000410. The van der Waals surface area contributed by atoms with Gasteiger partial charge in [0, 0.05) is 25.0 Å². The summed E-state index contributed by atoms with van der Waals surface area (Å²) in [7, 11) is 0.154. The van der Waals surface area contributed by atoms with Crippen LogP contribution in [0.4, 0.5) is 26.3 Å². The van der Waals surface area contributed by atoms with Crippen LogP contribution in [0.1, 0.15) is 47.1 Å². The van der Waals surface area contributed by atoms with Gasteiger partial charge in [-0.05, 0) is 64.9 Å². The van der Waals surface area contributed by atoms with Crippen LogP contribution in [-0.2, 0) is 19.5 Å². The molecule has 15 heteroatoms. The van der Waals surface area contributed by atoms with Crippen molar-refractivity contribution >= 4 is 29.4 Å². The molecule has 41 heavy (non-hydrogen) atoms. The SMILES string of the molecule is CCO[Si](OCC)(OCC)c1ccc(OC(F)(F)F)cc1.CCOc1cc([Si])c(OCC)c(OCC)c1C(F)(F)F. The Labute approximate surface area is 240 Å². The summed E-state index contributed by atoms with van der Waals surface area (Å²) in [6, 6.07) is 6.66. The van der Waals surface area contributed by atoms with E-state index in [-0.39, 0.29) is 42.8 Å². The molecule has 7 nitrogen and oxygen atoms in total. The maximum atomic E-state index is 13.3. The minimum Gasteiger partial charge on any atom is -0.493 e. The first-order chi connectivity index (χ1) is 19.2. The fourth-order valence-corrected chi connectivity index (χ4v) is 6.31. The summed E-state index contributed by atoms with van der Waals surface area (Å²) in [6.45, 7) is 11.9. The number of rotatable bonds is 14. The van der Waals surface area contributed by atoms with Gasteiger partial charge in [0.15, 0.2) is 11.5 Å². The Morgan fingerprint density at radius 3 is 1.51 bits per heavy atom. The van der Waals surface area contributed by atoms with Crippen molar-refractivity contribution in [2.24, 2.45) is 0 Å². The topological polar surface area (TPSA) is 64.6 Å². The van der Waals surface area contributed by atoms with Gasteiger partial charge in [-0.1, -0.05) is 12.1 Å². The molecule has 0 saturated heterocycles. The average Bonchev–Trinajstić information content (AvgIpc) is 2.86. The van der Waals surface area contributed by atoms with Gasteiger partial charge in [0.2, 0.25) is 0 Å². The number of benzene rings is 2. The highest BCUT2D eigenvalue weighted by Crippen LogP contribution is 2.46. The van der Waals surface area contributed by atoms with E-state index in [1.54, 1.807) is 41.5 Å². The van der Waals surface area contributed by atoms with Crippen LogP contribution >= 0.6 is 0 Å². The van der Waals surface area contributed by atoms with E-state index in [1.807, 2.05) is 0 Å². The first-order valence-electron chi connectivity index (χ1n) is 12.9. The molecule has 0 heterocycles. The summed E-state index contributed by atoms with van der Waals surface area (Å²) >= 11 is 0. The molecule has 0 saturated carbocycles. The lowest BCUT2D eigenvalue weighted by Gasteiger charge is -2.28. The molecular formula is C26H35F6O7Si2. The van der Waals surface area contributed by atoms with Gasteiger partial charge < -0.3 is 32.2 Å². The van der Waals surface area contributed by atoms with E-state index in [1.165, 1.54) is 30.3 Å². The van der Waals surface area contributed by atoms with Gasteiger partial charge >= 0.3 is 21.3 Å². The highest BCUT2D eigenvalue weighted by molar-refractivity contribution is 6.75. The third-order valence-electron chi connectivity index (χ3n) is 4.80. The van der Waals surface area contributed by atoms with E-state index >= 15 is 0 Å². The lowest BCUT2D eigenvalue weighted by atomic mass is 10.1. The van der Waals surface area contributed by atoms with Gasteiger partial charge in [-0.3, -0.25) is 0 Å². The quantitative estimate of drug-likeness (QED) is 0.201. The van der Waals surface area contributed by atoms with Crippen molar-refractivity contribution in [1.82, 2.24) is 0 Å². The lowest BCUT2D eigenvalue weighted by Crippen LogP contribution is -2.56. The van der Waals surface area contributed by atoms with E-state index in [9.17, 15) is 26.3 Å². The van der Waals surface area contributed by atoms with Gasteiger partial charge in [-0.25, -0.2) is 0 Å². The highest BCUT2D eigenvalue weighted by Gasteiger charge is 2.43. The zero-order valence-corrected chi connectivity index (χ0v) is 25.8. The molecule has 231 valence electrons.